The van der Waals surface area contributed by atoms with Crippen LogP contribution in [0.3, 0.4) is 0 Å². The Kier molecular flexibility index (Phi) is 5.76. The highest BCUT2D eigenvalue weighted by Gasteiger charge is 2.18. The Bertz CT molecular complexity index is 1190. The van der Waals surface area contributed by atoms with E-state index < -0.39 is 16.0 Å². The fourth-order valence-corrected chi connectivity index (χ4v) is 6.24. The molecule has 6 nitrogen and oxygen atoms in total. The summed E-state index contributed by atoms with van der Waals surface area (Å²) < 4.78 is 37.2. The van der Waals surface area contributed by atoms with E-state index in [-0.39, 0.29) is 22.2 Å². The van der Waals surface area contributed by atoms with E-state index in [4.69, 9.17) is 16.3 Å². The highest BCUT2D eigenvalue weighted by molar-refractivity contribution is 7.92. The van der Waals surface area contributed by atoms with Crippen molar-refractivity contribution in [3.8, 4) is 0 Å². The predicted molar refractivity (Wildman–Crippen MR) is 108 cm³/mol. The lowest BCUT2D eigenvalue weighted by Gasteiger charge is -2.06. The molecule has 1 aromatic carbocycles. The van der Waals surface area contributed by atoms with Crippen molar-refractivity contribution in [2.24, 2.45) is 4.40 Å². The van der Waals surface area contributed by atoms with Gasteiger partial charge in [0.2, 0.25) is 4.80 Å². The van der Waals surface area contributed by atoms with Gasteiger partial charge >= 0.3 is 5.97 Å². The molecular weight excluding hydrogens is 428 g/mol. The molecule has 2 heterocycles. The molecule has 0 spiro atoms. The summed E-state index contributed by atoms with van der Waals surface area (Å²) >= 11 is 8.01. The van der Waals surface area contributed by atoms with Crippen LogP contribution in [0.25, 0.3) is 10.2 Å². The minimum Gasteiger partial charge on any atom is -0.465 e. The first-order valence-corrected chi connectivity index (χ1v) is 11.5. The number of ether oxygens (including phenoxy) is 1. The van der Waals surface area contributed by atoms with E-state index in [1.807, 2.05) is 26.0 Å². The summed E-state index contributed by atoms with van der Waals surface area (Å²) in [6, 6.07) is 6.82. The summed E-state index contributed by atoms with van der Waals surface area (Å²) in [5, 5.41) is 0. The van der Waals surface area contributed by atoms with Gasteiger partial charge in [0.25, 0.3) is 10.0 Å². The summed E-state index contributed by atoms with van der Waals surface area (Å²) in [5.41, 5.74) is 2.86. The molecule has 0 aliphatic carbocycles. The number of thiophene rings is 1. The quantitative estimate of drug-likeness (QED) is 0.559. The Hall–Kier alpha value is -1.68. The first kappa shape index (κ1) is 20.1. The zero-order chi connectivity index (χ0) is 19.8. The monoisotopic (exact) mass is 444 g/mol. The molecule has 10 heteroatoms. The molecule has 0 atom stereocenters. The molecule has 0 saturated carbocycles. The van der Waals surface area contributed by atoms with E-state index in [1.165, 1.54) is 23.5 Å². The van der Waals surface area contributed by atoms with Gasteiger partial charge < -0.3 is 9.30 Å². The number of fused-ring (bicyclic) bond motifs is 1. The maximum atomic E-state index is 12.7. The minimum atomic E-state index is -3.93. The molecule has 0 N–H and O–H groups in total. The largest absolute Gasteiger partial charge is 0.465 e. The molecule has 0 unspecified atom stereocenters. The fraction of sp³-hybridized carbons (Fsp3) is 0.294. The maximum Gasteiger partial charge on any atom is 0.326 e. The van der Waals surface area contributed by atoms with Gasteiger partial charge in [0, 0.05) is 0 Å². The van der Waals surface area contributed by atoms with Crippen LogP contribution in [-0.2, 0) is 26.1 Å². The smallest absolute Gasteiger partial charge is 0.326 e. The first-order valence-electron chi connectivity index (χ1n) is 8.04. The van der Waals surface area contributed by atoms with Crippen LogP contribution in [0.15, 0.2) is 32.9 Å². The topological polar surface area (TPSA) is 77.7 Å². The molecule has 0 radical (unpaired) electrons. The lowest BCUT2D eigenvalue weighted by molar-refractivity contribution is -0.143. The van der Waals surface area contributed by atoms with Crippen molar-refractivity contribution in [2.45, 2.75) is 31.5 Å². The summed E-state index contributed by atoms with van der Waals surface area (Å²) in [4.78, 5) is 12.3. The summed E-state index contributed by atoms with van der Waals surface area (Å²) in [6.07, 6.45) is 0. The number of carbonyl (C=O) groups excluding carboxylic acids is 1. The summed E-state index contributed by atoms with van der Waals surface area (Å²) in [6.45, 7) is 5.79. The van der Waals surface area contributed by atoms with Crippen LogP contribution in [0.2, 0.25) is 4.34 Å². The second-order valence-corrected chi connectivity index (χ2v) is 10.4. The summed E-state index contributed by atoms with van der Waals surface area (Å²) in [5.74, 6) is -0.451. The molecule has 3 rings (SSSR count). The molecule has 3 aromatic rings. The van der Waals surface area contributed by atoms with Crippen LogP contribution in [0, 0.1) is 13.8 Å². The molecule has 0 aliphatic rings. The molecule has 0 saturated heterocycles. The number of halogens is 1. The second-order valence-electron chi connectivity index (χ2n) is 5.80. The number of sulfonamides is 1. The molecule has 0 amide bonds. The van der Waals surface area contributed by atoms with Gasteiger partial charge in [-0.3, -0.25) is 4.79 Å². The van der Waals surface area contributed by atoms with Gasteiger partial charge in [-0.05, 0) is 56.2 Å². The number of benzene rings is 1. The standard InChI is InChI=1S/C17H17ClN2O4S3/c1-4-24-15(21)9-20-12-7-10(2)11(3)8-13(12)25-17(20)19-27(22,23)16-6-5-14(18)26-16/h5-8H,4,9H2,1-3H3. The van der Waals surface area contributed by atoms with Gasteiger partial charge in [0.05, 0.1) is 21.2 Å². The molecule has 2 aromatic heterocycles. The maximum absolute atomic E-state index is 12.7. The zero-order valence-corrected chi connectivity index (χ0v) is 18.1. The predicted octanol–water partition coefficient (Wildman–Crippen LogP) is 3.89. The number of hydrogen-bond donors (Lipinski definition) is 0. The first-order chi connectivity index (χ1) is 12.7. The third kappa shape index (κ3) is 4.26. The van der Waals surface area contributed by atoms with Crippen molar-refractivity contribution in [3.05, 3.63) is 44.5 Å². The summed E-state index contributed by atoms with van der Waals surface area (Å²) in [7, 11) is -3.93. The Morgan fingerprint density at radius 1 is 1.22 bits per heavy atom. The number of carbonyl (C=O) groups is 1. The van der Waals surface area contributed by atoms with Crippen LogP contribution in [0.4, 0.5) is 0 Å². The Balaban J connectivity index is 2.23. The second kappa shape index (κ2) is 7.75. The van der Waals surface area contributed by atoms with Crippen molar-refractivity contribution >= 4 is 60.5 Å². The van der Waals surface area contributed by atoms with Crippen molar-refractivity contribution in [3.63, 3.8) is 0 Å². The highest BCUT2D eigenvalue weighted by atomic mass is 35.5. The van der Waals surface area contributed by atoms with E-state index in [9.17, 15) is 13.2 Å². The molecule has 144 valence electrons. The lowest BCUT2D eigenvalue weighted by atomic mass is 10.1. The molecule has 0 aliphatic heterocycles. The lowest BCUT2D eigenvalue weighted by Crippen LogP contribution is -2.23. The van der Waals surface area contributed by atoms with Gasteiger partial charge in [-0.2, -0.15) is 8.42 Å². The SMILES string of the molecule is CCOC(=O)Cn1c(=NS(=O)(=O)c2ccc(Cl)s2)sc2cc(C)c(C)cc21. The normalized spacial score (nSPS) is 12.7. The van der Waals surface area contributed by atoms with Gasteiger partial charge in [-0.1, -0.05) is 22.9 Å². The van der Waals surface area contributed by atoms with E-state index in [0.717, 1.165) is 32.7 Å². The number of aryl methyl sites for hydroxylation is 2. The van der Waals surface area contributed by atoms with E-state index in [0.29, 0.717) is 4.34 Å². The Morgan fingerprint density at radius 3 is 2.56 bits per heavy atom. The molecular formula is C17H17ClN2O4S3. The van der Waals surface area contributed by atoms with Crippen molar-refractivity contribution < 1.29 is 17.9 Å². The van der Waals surface area contributed by atoms with Crippen LogP contribution < -0.4 is 4.80 Å². The number of rotatable bonds is 5. The van der Waals surface area contributed by atoms with E-state index in [2.05, 4.69) is 4.40 Å². The number of aromatic nitrogens is 1. The van der Waals surface area contributed by atoms with Gasteiger partial charge in [0.15, 0.2) is 0 Å². The average molecular weight is 445 g/mol. The number of esters is 1. The Labute approximate surface area is 169 Å². The third-order valence-corrected chi connectivity index (χ3v) is 8.01. The van der Waals surface area contributed by atoms with Crippen molar-refractivity contribution in [2.75, 3.05) is 6.61 Å². The van der Waals surface area contributed by atoms with Crippen LogP contribution in [0.5, 0.6) is 0 Å². The van der Waals surface area contributed by atoms with Crippen LogP contribution in [-0.4, -0.2) is 25.6 Å². The van der Waals surface area contributed by atoms with Crippen molar-refractivity contribution in [1.82, 2.24) is 4.57 Å². The van der Waals surface area contributed by atoms with Crippen LogP contribution >= 0.6 is 34.3 Å². The van der Waals surface area contributed by atoms with E-state index in [1.54, 1.807) is 11.5 Å². The average Bonchev–Trinajstić information content (AvgIpc) is 3.14. The number of nitrogens with zero attached hydrogens (tertiary/aromatic N) is 2. The van der Waals surface area contributed by atoms with Gasteiger partial charge in [0.1, 0.15) is 10.8 Å². The molecule has 27 heavy (non-hydrogen) atoms. The third-order valence-electron chi connectivity index (χ3n) is 3.89. The zero-order valence-electron chi connectivity index (χ0n) is 14.9. The minimum absolute atomic E-state index is 0.0556. The van der Waals surface area contributed by atoms with Crippen molar-refractivity contribution in [1.29, 1.82) is 0 Å². The number of hydrogen-bond acceptors (Lipinski definition) is 6. The van der Waals surface area contributed by atoms with Gasteiger partial charge in [-0.25, -0.2) is 0 Å². The number of thiazole rings is 1. The van der Waals surface area contributed by atoms with E-state index >= 15 is 0 Å². The highest BCUT2D eigenvalue weighted by Crippen LogP contribution is 2.27. The molecule has 0 bridgehead atoms. The fourth-order valence-electron chi connectivity index (χ4n) is 2.46. The molecule has 0 fully saturated rings. The van der Waals surface area contributed by atoms with Gasteiger partial charge in [-0.15, -0.1) is 15.7 Å². The Morgan fingerprint density at radius 2 is 1.93 bits per heavy atom. The van der Waals surface area contributed by atoms with Crippen LogP contribution in [0.1, 0.15) is 18.1 Å².